The van der Waals surface area contributed by atoms with Crippen LogP contribution in [0.2, 0.25) is 0 Å². The first kappa shape index (κ1) is 16.1. The Balaban J connectivity index is 2.69. The lowest BCUT2D eigenvalue weighted by Gasteiger charge is -2.06. The van der Waals surface area contributed by atoms with Gasteiger partial charge in [-0.1, -0.05) is 18.2 Å². The Labute approximate surface area is 132 Å². The van der Waals surface area contributed by atoms with Crippen molar-refractivity contribution in [2.45, 2.75) is 20.9 Å². The molecule has 0 N–H and O–H groups in total. The van der Waals surface area contributed by atoms with Crippen LogP contribution in [0.4, 0.5) is 0 Å². The molecule has 0 aliphatic rings. The fraction of sp³-hybridized carbons (Fsp3) is 0.214. The quantitative estimate of drug-likeness (QED) is 0.629. The van der Waals surface area contributed by atoms with Gasteiger partial charge in [-0.05, 0) is 30.9 Å². The lowest BCUT2D eigenvalue weighted by atomic mass is 10.3. The first-order valence-electron chi connectivity index (χ1n) is 5.99. The second-order valence-corrected chi connectivity index (χ2v) is 8.17. The molecule has 7 heteroatoms. The highest BCUT2D eigenvalue weighted by molar-refractivity contribution is 8.01. The van der Waals surface area contributed by atoms with Gasteiger partial charge in [-0.25, -0.2) is 13.2 Å². The number of benzene rings is 1. The number of esters is 1. The average Bonchev–Trinajstić information content (AvgIpc) is 2.84. The maximum Gasteiger partial charge on any atom is 0.348 e. The van der Waals surface area contributed by atoms with Crippen LogP contribution < -0.4 is 0 Å². The summed E-state index contributed by atoms with van der Waals surface area (Å²) in [6, 6.07) is 8.21. The first-order chi connectivity index (χ1) is 9.93. The molecule has 0 saturated heterocycles. The van der Waals surface area contributed by atoms with Crippen LogP contribution in [0, 0.1) is 6.92 Å². The highest BCUT2D eigenvalue weighted by atomic mass is 32.2. The van der Waals surface area contributed by atoms with Gasteiger partial charge in [-0.15, -0.1) is 23.1 Å². The summed E-state index contributed by atoms with van der Waals surface area (Å²) in [7, 11) is -2.37. The van der Waals surface area contributed by atoms with Crippen LogP contribution in [0.15, 0.2) is 44.3 Å². The first-order valence-corrected chi connectivity index (χ1v) is 9.51. The molecule has 0 spiro atoms. The highest BCUT2D eigenvalue weighted by Gasteiger charge is 2.30. The van der Waals surface area contributed by atoms with E-state index in [1.807, 2.05) is 0 Å². The maximum absolute atomic E-state index is 12.8. The molecule has 4 nitrogen and oxygen atoms in total. The normalized spacial score (nSPS) is 11.4. The van der Waals surface area contributed by atoms with Gasteiger partial charge in [0.1, 0.15) is 4.88 Å². The molecule has 112 valence electrons. The fourth-order valence-corrected chi connectivity index (χ4v) is 6.27. The zero-order valence-electron chi connectivity index (χ0n) is 11.7. The van der Waals surface area contributed by atoms with Crippen LogP contribution in [0.3, 0.4) is 0 Å². The van der Waals surface area contributed by atoms with Crippen LogP contribution >= 0.6 is 23.1 Å². The highest BCUT2D eigenvalue weighted by Crippen LogP contribution is 2.40. The van der Waals surface area contributed by atoms with Crippen molar-refractivity contribution in [2.24, 2.45) is 0 Å². The van der Waals surface area contributed by atoms with Gasteiger partial charge in [0.25, 0.3) is 0 Å². The second kappa shape index (κ2) is 6.21. The van der Waals surface area contributed by atoms with Gasteiger partial charge in [0.05, 0.1) is 21.1 Å². The number of hydrogen-bond donors (Lipinski definition) is 0. The number of sulfone groups is 1. The third-order valence-electron chi connectivity index (χ3n) is 2.94. The Morgan fingerprint density at radius 1 is 1.24 bits per heavy atom. The SMILES string of the molecule is COC(=O)c1sc(SC)c(S(=O)(=O)c2ccccc2)c1C. The molecule has 0 saturated carbocycles. The molecular formula is C14H14O4S3. The summed E-state index contributed by atoms with van der Waals surface area (Å²) in [6.07, 6.45) is 1.79. The van der Waals surface area contributed by atoms with E-state index in [9.17, 15) is 13.2 Å². The second-order valence-electron chi connectivity index (χ2n) is 4.18. The van der Waals surface area contributed by atoms with Gasteiger partial charge < -0.3 is 4.74 Å². The molecule has 0 amide bonds. The van der Waals surface area contributed by atoms with Gasteiger partial charge in [-0.2, -0.15) is 0 Å². The minimum absolute atomic E-state index is 0.201. The monoisotopic (exact) mass is 342 g/mol. The number of thioether (sulfide) groups is 1. The van der Waals surface area contributed by atoms with E-state index in [0.29, 0.717) is 14.6 Å². The molecule has 1 aromatic carbocycles. The van der Waals surface area contributed by atoms with Crippen LogP contribution in [0.1, 0.15) is 15.2 Å². The number of carbonyl (C=O) groups excluding carboxylic acids is 1. The lowest BCUT2D eigenvalue weighted by Crippen LogP contribution is -2.05. The van der Waals surface area contributed by atoms with Gasteiger partial charge in [0.15, 0.2) is 0 Å². The average molecular weight is 342 g/mol. The van der Waals surface area contributed by atoms with Crippen LogP contribution in [-0.4, -0.2) is 27.8 Å². The van der Waals surface area contributed by atoms with Gasteiger partial charge in [-0.3, -0.25) is 0 Å². The Morgan fingerprint density at radius 3 is 2.38 bits per heavy atom. The Morgan fingerprint density at radius 2 is 1.86 bits per heavy atom. The molecule has 0 aliphatic heterocycles. The van der Waals surface area contributed by atoms with Crippen molar-refractivity contribution in [3.63, 3.8) is 0 Å². The number of hydrogen-bond acceptors (Lipinski definition) is 6. The Kier molecular flexibility index (Phi) is 4.75. The summed E-state index contributed by atoms with van der Waals surface area (Å²) in [5, 5.41) is 0. The zero-order chi connectivity index (χ0) is 15.6. The Hall–Kier alpha value is -1.31. The van der Waals surface area contributed by atoms with E-state index in [-0.39, 0.29) is 9.79 Å². The largest absolute Gasteiger partial charge is 0.465 e. The standard InChI is InChI=1S/C14H14O4S3/c1-9-11(13(15)18-2)20-14(19-3)12(9)21(16,17)10-7-5-4-6-8-10/h4-8H,1-3H3. The third kappa shape index (κ3) is 2.86. The number of rotatable bonds is 4. The number of methoxy groups -OCH3 is 1. The summed E-state index contributed by atoms with van der Waals surface area (Å²) in [5.41, 5.74) is 0.444. The maximum atomic E-state index is 12.8. The van der Waals surface area contributed by atoms with E-state index in [4.69, 9.17) is 4.74 Å². The molecular weight excluding hydrogens is 328 g/mol. The van der Waals surface area contributed by atoms with Gasteiger partial charge >= 0.3 is 5.97 Å². The van der Waals surface area contributed by atoms with Crippen molar-refractivity contribution in [1.82, 2.24) is 0 Å². The topological polar surface area (TPSA) is 60.4 Å². The van der Waals surface area contributed by atoms with Crippen molar-refractivity contribution in [3.05, 3.63) is 40.8 Å². The fourth-order valence-electron chi connectivity index (χ4n) is 1.92. The van der Waals surface area contributed by atoms with Crippen molar-refractivity contribution < 1.29 is 17.9 Å². The van der Waals surface area contributed by atoms with Crippen LogP contribution in [0.25, 0.3) is 0 Å². The molecule has 0 aliphatic carbocycles. The van der Waals surface area contributed by atoms with Crippen molar-refractivity contribution in [2.75, 3.05) is 13.4 Å². The van der Waals surface area contributed by atoms with E-state index >= 15 is 0 Å². The van der Waals surface area contributed by atoms with E-state index in [2.05, 4.69) is 0 Å². The number of thiophene rings is 1. The zero-order valence-corrected chi connectivity index (χ0v) is 14.2. The molecule has 0 bridgehead atoms. The summed E-state index contributed by atoms with van der Waals surface area (Å²) < 4.78 is 30.9. The minimum Gasteiger partial charge on any atom is -0.465 e. The van der Waals surface area contributed by atoms with E-state index in [1.165, 1.54) is 18.9 Å². The van der Waals surface area contributed by atoms with E-state index in [1.54, 1.807) is 43.5 Å². The smallest absolute Gasteiger partial charge is 0.348 e. The molecule has 0 unspecified atom stereocenters. The number of carbonyl (C=O) groups is 1. The van der Waals surface area contributed by atoms with Crippen molar-refractivity contribution in [3.8, 4) is 0 Å². The van der Waals surface area contributed by atoms with Crippen LogP contribution in [-0.2, 0) is 14.6 Å². The summed E-state index contributed by atoms with van der Waals surface area (Å²) >= 11 is 2.46. The number of ether oxygens (including phenoxy) is 1. The molecule has 2 rings (SSSR count). The summed E-state index contributed by atoms with van der Waals surface area (Å²) in [5.74, 6) is -0.512. The molecule has 1 heterocycles. The van der Waals surface area contributed by atoms with E-state index < -0.39 is 15.8 Å². The Bertz CT molecular complexity index is 761. The van der Waals surface area contributed by atoms with Gasteiger partial charge in [0, 0.05) is 0 Å². The predicted molar refractivity (Wildman–Crippen MR) is 84.1 cm³/mol. The van der Waals surface area contributed by atoms with Crippen molar-refractivity contribution in [1.29, 1.82) is 0 Å². The predicted octanol–water partition coefficient (Wildman–Crippen LogP) is 3.40. The molecule has 2 aromatic rings. The van der Waals surface area contributed by atoms with E-state index in [0.717, 1.165) is 11.3 Å². The van der Waals surface area contributed by atoms with Crippen LogP contribution in [0.5, 0.6) is 0 Å². The lowest BCUT2D eigenvalue weighted by molar-refractivity contribution is 0.0605. The summed E-state index contributed by atoms with van der Waals surface area (Å²) in [4.78, 5) is 12.5. The van der Waals surface area contributed by atoms with Gasteiger partial charge in [0.2, 0.25) is 9.84 Å². The third-order valence-corrected chi connectivity index (χ3v) is 7.53. The molecule has 0 radical (unpaired) electrons. The molecule has 0 atom stereocenters. The van der Waals surface area contributed by atoms with Crippen molar-refractivity contribution >= 4 is 38.9 Å². The molecule has 21 heavy (non-hydrogen) atoms. The molecule has 1 aromatic heterocycles. The molecule has 0 fully saturated rings. The minimum atomic E-state index is -3.65. The summed E-state index contributed by atoms with van der Waals surface area (Å²) in [6.45, 7) is 1.64.